The number of ether oxygens (including phenoxy) is 1. The van der Waals surface area contributed by atoms with Crippen LogP contribution in [0.3, 0.4) is 0 Å². The van der Waals surface area contributed by atoms with Crippen LogP contribution in [0.2, 0.25) is 5.02 Å². The molecule has 0 saturated heterocycles. The summed E-state index contributed by atoms with van der Waals surface area (Å²) in [6.07, 6.45) is -0.832. The number of nitrogens with one attached hydrogen (secondary N) is 2. The standard InChI is InChI=1S/C18H22ClF3N6O/c1-10-14-16(27-28(10)12-5-3-11(4-6-12)18(20,21)22)29-8-2-7-23-15-13(19)9-24-17(25-14)26-15/h9,11-12H,2-8H2,1H3,(H2,23,24,25,26). The molecule has 4 rings (SSSR count). The molecule has 2 aromatic rings. The lowest BCUT2D eigenvalue weighted by Gasteiger charge is -2.30. The van der Waals surface area contributed by atoms with E-state index >= 15 is 0 Å². The van der Waals surface area contributed by atoms with Crippen LogP contribution in [0.4, 0.5) is 30.6 Å². The minimum absolute atomic E-state index is 0.0947. The van der Waals surface area contributed by atoms with E-state index in [-0.39, 0.29) is 18.9 Å². The van der Waals surface area contributed by atoms with Crippen molar-refractivity contribution in [3.8, 4) is 5.88 Å². The van der Waals surface area contributed by atoms with Gasteiger partial charge in [-0.3, -0.25) is 4.68 Å². The van der Waals surface area contributed by atoms with E-state index in [1.165, 1.54) is 6.20 Å². The number of fused-ring (bicyclic) bond motifs is 3. The van der Waals surface area contributed by atoms with Crippen LogP contribution in [0.5, 0.6) is 5.88 Å². The number of alkyl halides is 3. The van der Waals surface area contributed by atoms with Crippen LogP contribution < -0.4 is 15.4 Å². The SMILES string of the molecule is Cc1c2c(nn1C1CCC(C(F)(F)F)CC1)OCCCNc1nc(ncc1Cl)N2. The van der Waals surface area contributed by atoms with Crippen molar-refractivity contribution in [3.05, 3.63) is 16.9 Å². The highest BCUT2D eigenvalue weighted by molar-refractivity contribution is 6.32. The Bertz CT molecular complexity index is 879. The maximum absolute atomic E-state index is 13.0. The predicted octanol–water partition coefficient (Wildman–Crippen LogP) is 4.87. The highest BCUT2D eigenvalue weighted by Crippen LogP contribution is 2.43. The van der Waals surface area contributed by atoms with E-state index < -0.39 is 12.1 Å². The lowest BCUT2D eigenvalue weighted by atomic mass is 9.85. The first-order valence-electron chi connectivity index (χ1n) is 9.65. The molecule has 0 unspecified atom stereocenters. The molecular formula is C18H22ClF3N6O. The summed E-state index contributed by atoms with van der Waals surface area (Å²) in [5.74, 6) is 0.0480. The molecule has 2 N–H and O–H groups in total. The fraction of sp³-hybridized carbons (Fsp3) is 0.611. The molecule has 2 aromatic heterocycles. The van der Waals surface area contributed by atoms with Crippen LogP contribution in [-0.4, -0.2) is 39.1 Å². The molecule has 0 radical (unpaired) electrons. The van der Waals surface area contributed by atoms with Gasteiger partial charge in [0.25, 0.3) is 5.88 Å². The number of halogens is 4. The summed E-state index contributed by atoms with van der Waals surface area (Å²) >= 11 is 6.13. The third-order valence-electron chi connectivity index (χ3n) is 5.46. The maximum atomic E-state index is 13.0. The van der Waals surface area contributed by atoms with Gasteiger partial charge in [-0.2, -0.15) is 18.2 Å². The monoisotopic (exact) mass is 430 g/mol. The average Bonchev–Trinajstić information content (AvgIpc) is 2.97. The van der Waals surface area contributed by atoms with Gasteiger partial charge in [-0.1, -0.05) is 11.6 Å². The third-order valence-corrected chi connectivity index (χ3v) is 5.73. The lowest BCUT2D eigenvalue weighted by Crippen LogP contribution is -2.29. The van der Waals surface area contributed by atoms with Crippen LogP contribution in [0.15, 0.2) is 6.20 Å². The first-order valence-corrected chi connectivity index (χ1v) is 10.0. The molecule has 0 aromatic carbocycles. The summed E-state index contributed by atoms with van der Waals surface area (Å²) < 4.78 is 46.6. The highest BCUT2D eigenvalue weighted by atomic mass is 35.5. The molecule has 3 heterocycles. The van der Waals surface area contributed by atoms with Crippen LogP contribution in [0, 0.1) is 12.8 Å². The number of aromatic nitrogens is 4. The predicted molar refractivity (Wildman–Crippen MR) is 103 cm³/mol. The zero-order valence-corrected chi connectivity index (χ0v) is 16.6. The molecule has 11 heteroatoms. The molecular weight excluding hydrogens is 409 g/mol. The van der Waals surface area contributed by atoms with Crippen molar-refractivity contribution in [1.29, 1.82) is 0 Å². The van der Waals surface area contributed by atoms with Crippen LogP contribution in [0.25, 0.3) is 0 Å². The molecule has 2 aliphatic rings. The Labute approximate surface area is 171 Å². The number of nitrogens with zero attached hydrogens (tertiary/aromatic N) is 4. The Morgan fingerprint density at radius 3 is 2.72 bits per heavy atom. The van der Waals surface area contributed by atoms with Crippen molar-refractivity contribution in [1.82, 2.24) is 19.7 Å². The van der Waals surface area contributed by atoms with E-state index in [0.29, 0.717) is 60.8 Å². The van der Waals surface area contributed by atoms with Crippen molar-refractivity contribution in [2.24, 2.45) is 5.92 Å². The van der Waals surface area contributed by atoms with Crippen LogP contribution >= 0.6 is 11.6 Å². The van der Waals surface area contributed by atoms with Gasteiger partial charge in [0.1, 0.15) is 10.7 Å². The third kappa shape index (κ3) is 4.22. The quantitative estimate of drug-likeness (QED) is 0.672. The van der Waals surface area contributed by atoms with Crippen molar-refractivity contribution < 1.29 is 17.9 Å². The van der Waals surface area contributed by atoms with E-state index in [1.54, 1.807) is 4.68 Å². The van der Waals surface area contributed by atoms with Crippen molar-refractivity contribution in [2.75, 3.05) is 23.8 Å². The largest absolute Gasteiger partial charge is 0.475 e. The summed E-state index contributed by atoms with van der Waals surface area (Å²) in [4.78, 5) is 8.59. The molecule has 1 aliphatic carbocycles. The Morgan fingerprint density at radius 1 is 1.24 bits per heavy atom. The second-order valence-electron chi connectivity index (χ2n) is 7.40. The van der Waals surface area contributed by atoms with Gasteiger partial charge < -0.3 is 15.4 Å². The first-order chi connectivity index (χ1) is 13.8. The molecule has 1 saturated carbocycles. The zero-order chi connectivity index (χ0) is 20.6. The van der Waals surface area contributed by atoms with Gasteiger partial charge in [-0.15, -0.1) is 5.10 Å². The second-order valence-corrected chi connectivity index (χ2v) is 7.81. The molecule has 0 amide bonds. The average molecular weight is 431 g/mol. The van der Waals surface area contributed by atoms with Gasteiger partial charge >= 0.3 is 6.18 Å². The van der Waals surface area contributed by atoms with Crippen molar-refractivity contribution >= 4 is 29.1 Å². The summed E-state index contributed by atoms with van der Waals surface area (Å²) in [5, 5.41) is 11.3. The summed E-state index contributed by atoms with van der Waals surface area (Å²) in [5.41, 5.74) is 1.40. The van der Waals surface area contributed by atoms with E-state index in [4.69, 9.17) is 16.3 Å². The zero-order valence-electron chi connectivity index (χ0n) is 15.9. The van der Waals surface area contributed by atoms with Crippen LogP contribution in [0.1, 0.15) is 43.8 Å². The van der Waals surface area contributed by atoms with Crippen molar-refractivity contribution in [3.63, 3.8) is 0 Å². The van der Waals surface area contributed by atoms with E-state index in [9.17, 15) is 13.2 Å². The molecule has 158 valence electrons. The van der Waals surface area contributed by atoms with Gasteiger partial charge in [-0.05, 0) is 39.0 Å². The molecule has 29 heavy (non-hydrogen) atoms. The Hall–Kier alpha value is -2.23. The number of hydrogen-bond donors (Lipinski definition) is 2. The van der Waals surface area contributed by atoms with Gasteiger partial charge in [-0.25, -0.2) is 4.98 Å². The summed E-state index contributed by atoms with van der Waals surface area (Å²) in [7, 11) is 0. The van der Waals surface area contributed by atoms with Gasteiger partial charge in [0.2, 0.25) is 5.95 Å². The number of hydrogen-bond acceptors (Lipinski definition) is 6. The first kappa shape index (κ1) is 20.1. The summed E-state index contributed by atoms with van der Waals surface area (Å²) in [6.45, 7) is 2.92. The Morgan fingerprint density at radius 2 is 2.00 bits per heavy atom. The van der Waals surface area contributed by atoms with Crippen molar-refractivity contribution in [2.45, 2.75) is 51.2 Å². The second kappa shape index (κ2) is 7.89. The highest BCUT2D eigenvalue weighted by Gasteiger charge is 2.42. The Kier molecular flexibility index (Phi) is 5.46. The lowest BCUT2D eigenvalue weighted by molar-refractivity contribution is -0.183. The topological polar surface area (TPSA) is 76.9 Å². The number of anilines is 3. The molecule has 1 aliphatic heterocycles. The molecule has 0 atom stereocenters. The Balaban J connectivity index is 1.61. The number of rotatable bonds is 1. The maximum Gasteiger partial charge on any atom is 0.391 e. The smallest absolute Gasteiger partial charge is 0.391 e. The van der Waals surface area contributed by atoms with Gasteiger partial charge in [0.05, 0.1) is 30.5 Å². The normalized spacial score (nSPS) is 22.5. The molecule has 1 fully saturated rings. The fourth-order valence-corrected chi connectivity index (χ4v) is 4.01. The van der Waals surface area contributed by atoms with Gasteiger partial charge in [0, 0.05) is 6.54 Å². The van der Waals surface area contributed by atoms with E-state index in [2.05, 4.69) is 25.7 Å². The summed E-state index contributed by atoms with van der Waals surface area (Å²) in [6, 6.07) is -0.0947. The van der Waals surface area contributed by atoms with E-state index in [0.717, 1.165) is 5.69 Å². The molecule has 2 bridgehead atoms. The van der Waals surface area contributed by atoms with Gasteiger partial charge in [0.15, 0.2) is 5.82 Å². The van der Waals surface area contributed by atoms with Crippen LogP contribution in [-0.2, 0) is 0 Å². The minimum atomic E-state index is -4.13. The fourth-order valence-electron chi connectivity index (χ4n) is 3.85. The molecule has 0 spiro atoms. The molecule has 7 nitrogen and oxygen atoms in total. The van der Waals surface area contributed by atoms with E-state index in [1.807, 2.05) is 6.92 Å². The minimum Gasteiger partial charge on any atom is -0.475 e.